The van der Waals surface area contributed by atoms with Crippen molar-refractivity contribution >= 4 is 23.1 Å². The van der Waals surface area contributed by atoms with E-state index < -0.39 is 23.5 Å². The number of Topliss-reactive ketones (excluding diaryl/α,β-unsaturated/α-hetero) is 1. The van der Waals surface area contributed by atoms with E-state index in [1.807, 2.05) is 0 Å². The lowest BCUT2D eigenvalue weighted by Crippen LogP contribution is -2.29. The number of para-hydroxylation sites is 1. The number of aliphatic hydroxyl groups excluding tert-OH is 1. The monoisotopic (exact) mass is 373 g/mol. The fraction of sp³-hybridized carbons (Fsp3) is 0.0435. The normalized spacial score (nSPS) is 18.5. The van der Waals surface area contributed by atoms with Crippen LogP contribution < -0.4 is 4.90 Å². The standard InChI is InChI=1S/C23H16FNO3/c24-17-13-11-15(12-14-17)20-19(21(26)16-7-3-1-4-8-16)22(27)23(28)25(20)18-9-5-2-6-10-18/h1-14,20,26H/b21-19+/t20-/m1/s1. The number of rotatable bonds is 3. The molecule has 5 heteroatoms. The first-order valence-corrected chi connectivity index (χ1v) is 8.75. The molecule has 1 N–H and O–H groups in total. The van der Waals surface area contributed by atoms with E-state index in [1.54, 1.807) is 60.7 Å². The van der Waals surface area contributed by atoms with Crippen LogP contribution in [-0.4, -0.2) is 16.8 Å². The van der Waals surface area contributed by atoms with Crippen LogP contribution in [0.2, 0.25) is 0 Å². The Bertz CT molecular complexity index is 1060. The van der Waals surface area contributed by atoms with Crippen molar-refractivity contribution in [3.8, 4) is 0 Å². The van der Waals surface area contributed by atoms with E-state index in [4.69, 9.17) is 0 Å². The molecule has 0 spiro atoms. The maximum atomic E-state index is 13.5. The van der Waals surface area contributed by atoms with Crippen LogP contribution in [0, 0.1) is 5.82 Å². The molecule has 4 rings (SSSR count). The van der Waals surface area contributed by atoms with Gasteiger partial charge in [0.1, 0.15) is 11.6 Å². The number of anilines is 1. The molecule has 1 fully saturated rings. The van der Waals surface area contributed by atoms with E-state index in [2.05, 4.69) is 0 Å². The summed E-state index contributed by atoms with van der Waals surface area (Å²) in [7, 11) is 0. The smallest absolute Gasteiger partial charge is 0.300 e. The lowest BCUT2D eigenvalue weighted by atomic mass is 9.95. The van der Waals surface area contributed by atoms with Gasteiger partial charge in [-0.3, -0.25) is 14.5 Å². The molecule has 0 bridgehead atoms. The predicted octanol–water partition coefficient (Wildman–Crippen LogP) is 4.45. The second kappa shape index (κ2) is 7.12. The van der Waals surface area contributed by atoms with Gasteiger partial charge in [0.05, 0.1) is 11.6 Å². The van der Waals surface area contributed by atoms with Gasteiger partial charge in [0.2, 0.25) is 0 Å². The number of ketones is 1. The molecule has 0 aromatic heterocycles. The second-order valence-corrected chi connectivity index (χ2v) is 6.42. The summed E-state index contributed by atoms with van der Waals surface area (Å²) in [5.41, 5.74) is 1.46. The molecule has 138 valence electrons. The molecule has 28 heavy (non-hydrogen) atoms. The fourth-order valence-electron chi connectivity index (χ4n) is 3.40. The van der Waals surface area contributed by atoms with Gasteiger partial charge in [-0.25, -0.2) is 4.39 Å². The third-order valence-corrected chi connectivity index (χ3v) is 4.71. The SMILES string of the molecule is O=C1C(=O)N(c2ccccc2)[C@H](c2ccc(F)cc2)/C1=C(\O)c1ccccc1. The Kier molecular flexibility index (Phi) is 4.49. The Morgan fingerprint density at radius 1 is 0.821 bits per heavy atom. The van der Waals surface area contributed by atoms with E-state index in [0.29, 0.717) is 16.8 Å². The summed E-state index contributed by atoms with van der Waals surface area (Å²) < 4.78 is 13.5. The van der Waals surface area contributed by atoms with Crippen LogP contribution in [0.15, 0.2) is 90.5 Å². The lowest BCUT2D eigenvalue weighted by Gasteiger charge is -2.25. The quantitative estimate of drug-likeness (QED) is 0.419. The van der Waals surface area contributed by atoms with Crippen molar-refractivity contribution < 1.29 is 19.1 Å². The average molecular weight is 373 g/mol. The van der Waals surface area contributed by atoms with Crippen molar-refractivity contribution in [2.75, 3.05) is 4.90 Å². The van der Waals surface area contributed by atoms with Gasteiger partial charge < -0.3 is 5.11 Å². The maximum Gasteiger partial charge on any atom is 0.300 e. The minimum absolute atomic E-state index is 0.0216. The maximum absolute atomic E-state index is 13.5. The molecule has 1 saturated heterocycles. The Balaban J connectivity index is 1.95. The van der Waals surface area contributed by atoms with Gasteiger partial charge in [-0.05, 0) is 29.8 Å². The van der Waals surface area contributed by atoms with Gasteiger partial charge in [-0.2, -0.15) is 0 Å². The van der Waals surface area contributed by atoms with Gasteiger partial charge in [0.15, 0.2) is 0 Å². The van der Waals surface area contributed by atoms with Crippen LogP contribution in [0.4, 0.5) is 10.1 Å². The van der Waals surface area contributed by atoms with E-state index in [1.165, 1.54) is 29.2 Å². The number of benzene rings is 3. The third-order valence-electron chi connectivity index (χ3n) is 4.71. The van der Waals surface area contributed by atoms with Gasteiger partial charge in [0, 0.05) is 11.3 Å². The van der Waals surface area contributed by atoms with Crippen molar-refractivity contribution in [2.45, 2.75) is 6.04 Å². The van der Waals surface area contributed by atoms with Crippen LogP contribution in [0.5, 0.6) is 0 Å². The summed E-state index contributed by atoms with van der Waals surface area (Å²) >= 11 is 0. The number of halogens is 1. The zero-order valence-corrected chi connectivity index (χ0v) is 14.7. The van der Waals surface area contributed by atoms with E-state index in [0.717, 1.165) is 0 Å². The summed E-state index contributed by atoms with van der Waals surface area (Å²) in [5, 5.41) is 10.9. The van der Waals surface area contributed by atoms with Crippen LogP contribution >= 0.6 is 0 Å². The van der Waals surface area contributed by atoms with Crippen molar-refractivity contribution in [3.63, 3.8) is 0 Å². The predicted molar refractivity (Wildman–Crippen MR) is 104 cm³/mol. The lowest BCUT2D eigenvalue weighted by molar-refractivity contribution is -0.132. The molecular formula is C23H16FNO3. The van der Waals surface area contributed by atoms with E-state index >= 15 is 0 Å². The first-order chi connectivity index (χ1) is 13.6. The minimum atomic E-state index is -0.858. The largest absolute Gasteiger partial charge is 0.507 e. The van der Waals surface area contributed by atoms with Crippen LogP contribution in [-0.2, 0) is 9.59 Å². The molecule has 1 aliphatic heterocycles. The molecule has 0 aliphatic carbocycles. The Hall–Kier alpha value is -3.73. The highest BCUT2D eigenvalue weighted by Gasteiger charge is 2.46. The number of carbonyl (C=O) groups is 2. The van der Waals surface area contributed by atoms with Gasteiger partial charge in [0.25, 0.3) is 11.7 Å². The van der Waals surface area contributed by atoms with Crippen LogP contribution in [0.25, 0.3) is 5.76 Å². The zero-order valence-electron chi connectivity index (χ0n) is 14.7. The van der Waals surface area contributed by atoms with Crippen LogP contribution in [0.3, 0.4) is 0 Å². The summed E-state index contributed by atoms with van der Waals surface area (Å²) in [5.74, 6) is -2.20. The number of amides is 1. The van der Waals surface area contributed by atoms with E-state index in [-0.39, 0.29) is 11.3 Å². The number of hydrogen-bond donors (Lipinski definition) is 1. The Morgan fingerprint density at radius 2 is 1.39 bits per heavy atom. The average Bonchev–Trinajstić information content (AvgIpc) is 3.00. The van der Waals surface area contributed by atoms with Crippen molar-refractivity contribution in [3.05, 3.63) is 107 Å². The van der Waals surface area contributed by atoms with Crippen molar-refractivity contribution in [1.29, 1.82) is 0 Å². The molecule has 4 nitrogen and oxygen atoms in total. The molecule has 1 atom stereocenters. The number of nitrogens with zero attached hydrogens (tertiary/aromatic N) is 1. The second-order valence-electron chi connectivity index (χ2n) is 6.42. The zero-order chi connectivity index (χ0) is 19.7. The fourth-order valence-corrected chi connectivity index (χ4v) is 3.40. The first-order valence-electron chi connectivity index (χ1n) is 8.75. The molecule has 0 unspecified atom stereocenters. The van der Waals surface area contributed by atoms with Gasteiger partial charge in [-0.15, -0.1) is 0 Å². The Morgan fingerprint density at radius 3 is 2.00 bits per heavy atom. The Labute approximate surface area is 161 Å². The summed E-state index contributed by atoms with van der Waals surface area (Å²) in [6.45, 7) is 0. The molecule has 1 aliphatic rings. The van der Waals surface area contributed by atoms with Gasteiger partial charge in [-0.1, -0.05) is 60.7 Å². The first kappa shape index (κ1) is 17.7. The summed E-state index contributed by atoms with van der Waals surface area (Å²) in [6, 6.07) is 22.0. The van der Waals surface area contributed by atoms with Gasteiger partial charge >= 0.3 is 0 Å². The molecule has 3 aromatic rings. The number of hydrogen-bond acceptors (Lipinski definition) is 3. The van der Waals surface area contributed by atoms with E-state index in [9.17, 15) is 19.1 Å². The highest BCUT2D eigenvalue weighted by Crippen LogP contribution is 2.41. The number of carbonyl (C=O) groups excluding carboxylic acids is 2. The molecule has 0 radical (unpaired) electrons. The number of aliphatic hydroxyl groups is 1. The minimum Gasteiger partial charge on any atom is -0.507 e. The molecule has 3 aromatic carbocycles. The molecule has 0 saturated carbocycles. The molecule has 1 heterocycles. The van der Waals surface area contributed by atoms with Crippen molar-refractivity contribution in [2.24, 2.45) is 0 Å². The highest BCUT2D eigenvalue weighted by molar-refractivity contribution is 6.51. The summed E-state index contributed by atoms with van der Waals surface area (Å²) in [6.07, 6.45) is 0. The third kappa shape index (κ3) is 2.97. The molecular weight excluding hydrogens is 357 g/mol. The molecule has 1 amide bonds. The highest BCUT2D eigenvalue weighted by atomic mass is 19.1. The topological polar surface area (TPSA) is 57.6 Å². The summed E-state index contributed by atoms with van der Waals surface area (Å²) in [4.78, 5) is 27.1. The van der Waals surface area contributed by atoms with Crippen molar-refractivity contribution in [1.82, 2.24) is 0 Å². The van der Waals surface area contributed by atoms with Crippen LogP contribution in [0.1, 0.15) is 17.2 Å².